The molecule has 1 heterocycles. The van der Waals surface area contributed by atoms with Crippen LogP contribution in [-0.4, -0.2) is 23.5 Å². The fourth-order valence-electron chi connectivity index (χ4n) is 2.40. The molecule has 0 radical (unpaired) electrons. The lowest BCUT2D eigenvalue weighted by Gasteiger charge is -2.22. The zero-order chi connectivity index (χ0) is 18.3. The molecule has 0 aliphatic heterocycles. The molecule has 0 bridgehead atoms. The average Bonchev–Trinajstić information content (AvgIpc) is 2.60. The topological polar surface area (TPSA) is 86.5 Å². The van der Waals surface area contributed by atoms with Crippen LogP contribution in [0.15, 0.2) is 42.6 Å². The fraction of sp³-hybridized carbons (Fsp3) is 0.368. The number of rotatable bonds is 8. The molecule has 0 spiro atoms. The summed E-state index contributed by atoms with van der Waals surface area (Å²) in [5, 5.41) is 2.87. The third kappa shape index (κ3) is 5.46. The van der Waals surface area contributed by atoms with Crippen LogP contribution in [0.4, 0.5) is 0 Å². The van der Waals surface area contributed by atoms with E-state index in [1.165, 1.54) is 0 Å². The van der Waals surface area contributed by atoms with Crippen molar-refractivity contribution in [1.29, 1.82) is 0 Å². The highest BCUT2D eigenvalue weighted by molar-refractivity contribution is 5.85. The molecule has 1 atom stereocenters. The van der Waals surface area contributed by atoms with Crippen molar-refractivity contribution < 1.29 is 14.3 Å². The van der Waals surface area contributed by atoms with Gasteiger partial charge in [-0.1, -0.05) is 13.3 Å². The molecule has 2 rings (SSSR count). The van der Waals surface area contributed by atoms with Gasteiger partial charge < -0.3 is 20.5 Å². The standard InChI is InChI=1S/C19H25N3O3/c1-4-10-19(2,20)18(23)22-13-14-9-11-21-17(12-14)25-16-7-5-15(24-3)6-8-16/h5-9,11-12H,4,10,13,20H2,1-3H3,(H,22,23). The molecule has 0 aliphatic carbocycles. The summed E-state index contributed by atoms with van der Waals surface area (Å²) in [6.07, 6.45) is 3.14. The predicted octanol–water partition coefficient (Wildman–Crippen LogP) is 3.02. The Morgan fingerprint density at radius 3 is 2.56 bits per heavy atom. The number of methoxy groups -OCH3 is 1. The number of benzene rings is 1. The molecule has 1 amide bonds. The number of nitrogens with two attached hydrogens (primary N) is 1. The van der Waals surface area contributed by atoms with Gasteiger partial charge in [0.05, 0.1) is 12.6 Å². The summed E-state index contributed by atoms with van der Waals surface area (Å²) in [6, 6.07) is 10.9. The first kappa shape index (κ1) is 18.7. The summed E-state index contributed by atoms with van der Waals surface area (Å²) in [6.45, 7) is 4.12. The van der Waals surface area contributed by atoms with E-state index in [-0.39, 0.29) is 5.91 Å². The molecule has 1 aromatic carbocycles. The molecule has 25 heavy (non-hydrogen) atoms. The van der Waals surface area contributed by atoms with Crippen LogP contribution >= 0.6 is 0 Å². The number of pyridine rings is 1. The van der Waals surface area contributed by atoms with E-state index >= 15 is 0 Å². The van der Waals surface area contributed by atoms with Gasteiger partial charge in [0.1, 0.15) is 11.5 Å². The van der Waals surface area contributed by atoms with Gasteiger partial charge in [-0.05, 0) is 49.2 Å². The second kappa shape index (κ2) is 8.48. The molecule has 0 aliphatic rings. The van der Waals surface area contributed by atoms with E-state index in [2.05, 4.69) is 10.3 Å². The predicted molar refractivity (Wildman–Crippen MR) is 96.7 cm³/mol. The Hall–Kier alpha value is -2.60. The smallest absolute Gasteiger partial charge is 0.240 e. The normalized spacial score (nSPS) is 13.0. The Kier molecular flexibility index (Phi) is 6.36. The third-order valence-electron chi connectivity index (χ3n) is 3.82. The second-order valence-electron chi connectivity index (χ2n) is 6.13. The van der Waals surface area contributed by atoms with Crippen LogP contribution in [0.5, 0.6) is 17.4 Å². The molecule has 3 N–H and O–H groups in total. The zero-order valence-electron chi connectivity index (χ0n) is 14.9. The SMILES string of the molecule is CCCC(C)(N)C(=O)NCc1ccnc(Oc2ccc(OC)cc2)c1. The lowest BCUT2D eigenvalue weighted by Crippen LogP contribution is -2.51. The Labute approximate surface area is 148 Å². The third-order valence-corrected chi connectivity index (χ3v) is 3.82. The summed E-state index contributed by atoms with van der Waals surface area (Å²) in [5.74, 6) is 1.71. The van der Waals surface area contributed by atoms with Crippen molar-refractivity contribution >= 4 is 5.91 Å². The molecule has 6 nitrogen and oxygen atoms in total. The van der Waals surface area contributed by atoms with Gasteiger partial charge in [-0.15, -0.1) is 0 Å². The van der Waals surface area contributed by atoms with Crippen LogP contribution in [0.1, 0.15) is 32.3 Å². The van der Waals surface area contributed by atoms with Crippen molar-refractivity contribution in [2.24, 2.45) is 5.73 Å². The molecule has 2 aromatic rings. The maximum absolute atomic E-state index is 12.2. The zero-order valence-corrected chi connectivity index (χ0v) is 14.9. The van der Waals surface area contributed by atoms with Crippen LogP contribution < -0.4 is 20.5 Å². The van der Waals surface area contributed by atoms with E-state index in [4.69, 9.17) is 15.2 Å². The minimum absolute atomic E-state index is 0.163. The van der Waals surface area contributed by atoms with Crippen molar-refractivity contribution in [2.45, 2.75) is 38.8 Å². The number of ether oxygens (including phenoxy) is 2. The fourth-order valence-corrected chi connectivity index (χ4v) is 2.40. The van der Waals surface area contributed by atoms with Gasteiger partial charge in [-0.2, -0.15) is 0 Å². The molecule has 0 saturated carbocycles. The van der Waals surface area contributed by atoms with Crippen LogP contribution in [0.25, 0.3) is 0 Å². The molecular formula is C19H25N3O3. The van der Waals surface area contributed by atoms with Gasteiger partial charge in [0.25, 0.3) is 0 Å². The van der Waals surface area contributed by atoms with Crippen molar-refractivity contribution in [2.75, 3.05) is 7.11 Å². The largest absolute Gasteiger partial charge is 0.497 e. The second-order valence-corrected chi connectivity index (χ2v) is 6.13. The number of amides is 1. The number of aromatic nitrogens is 1. The van der Waals surface area contributed by atoms with E-state index in [0.717, 1.165) is 17.7 Å². The Bertz CT molecular complexity index is 699. The first-order valence-electron chi connectivity index (χ1n) is 8.28. The van der Waals surface area contributed by atoms with Crippen LogP contribution in [0.2, 0.25) is 0 Å². The first-order chi connectivity index (χ1) is 11.9. The van der Waals surface area contributed by atoms with Crippen LogP contribution in [0, 0.1) is 0 Å². The van der Waals surface area contributed by atoms with Gasteiger partial charge in [0.15, 0.2) is 0 Å². The quantitative estimate of drug-likeness (QED) is 0.769. The summed E-state index contributed by atoms with van der Waals surface area (Å²) in [4.78, 5) is 16.4. The van der Waals surface area contributed by atoms with Crippen molar-refractivity contribution in [3.05, 3.63) is 48.2 Å². The maximum atomic E-state index is 12.2. The van der Waals surface area contributed by atoms with Crippen molar-refractivity contribution in [1.82, 2.24) is 10.3 Å². The van der Waals surface area contributed by atoms with Crippen LogP contribution in [0.3, 0.4) is 0 Å². The highest BCUT2D eigenvalue weighted by Gasteiger charge is 2.26. The lowest BCUT2D eigenvalue weighted by molar-refractivity contribution is -0.126. The monoisotopic (exact) mass is 343 g/mol. The van der Waals surface area contributed by atoms with Gasteiger partial charge in [0, 0.05) is 18.8 Å². The van der Waals surface area contributed by atoms with E-state index in [1.807, 2.05) is 25.1 Å². The molecule has 0 fully saturated rings. The van der Waals surface area contributed by atoms with E-state index in [1.54, 1.807) is 38.4 Å². The lowest BCUT2D eigenvalue weighted by atomic mass is 9.96. The Balaban J connectivity index is 1.97. The van der Waals surface area contributed by atoms with E-state index in [9.17, 15) is 4.79 Å². The van der Waals surface area contributed by atoms with E-state index < -0.39 is 5.54 Å². The van der Waals surface area contributed by atoms with Gasteiger partial charge in [0.2, 0.25) is 11.8 Å². The number of nitrogens with zero attached hydrogens (tertiary/aromatic N) is 1. The summed E-state index contributed by atoms with van der Waals surface area (Å²) >= 11 is 0. The van der Waals surface area contributed by atoms with Gasteiger partial charge in [-0.25, -0.2) is 4.98 Å². The van der Waals surface area contributed by atoms with E-state index in [0.29, 0.717) is 24.6 Å². The summed E-state index contributed by atoms with van der Waals surface area (Å²) < 4.78 is 10.8. The number of nitrogens with one attached hydrogen (secondary N) is 1. The molecule has 1 aromatic heterocycles. The number of hydrogen-bond acceptors (Lipinski definition) is 5. The average molecular weight is 343 g/mol. The maximum Gasteiger partial charge on any atom is 0.240 e. The Morgan fingerprint density at radius 1 is 1.24 bits per heavy atom. The molecule has 1 unspecified atom stereocenters. The highest BCUT2D eigenvalue weighted by atomic mass is 16.5. The molecular weight excluding hydrogens is 318 g/mol. The van der Waals surface area contributed by atoms with Gasteiger partial charge >= 0.3 is 0 Å². The summed E-state index contributed by atoms with van der Waals surface area (Å²) in [5.41, 5.74) is 6.06. The molecule has 134 valence electrons. The minimum atomic E-state index is -0.857. The minimum Gasteiger partial charge on any atom is -0.497 e. The molecule has 0 saturated heterocycles. The first-order valence-corrected chi connectivity index (χ1v) is 8.28. The highest BCUT2D eigenvalue weighted by Crippen LogP contribution is 2.22. The molecule has 6 heteroatoms. The number of carbonyl (C=O) groups is 1. The summed E-state index contributed by atoms with van der Waals surface area (Å²) in [7, 11) is 1.61. The number of carbonyl (C=O) groups excluding carboxylic acids is 1. The Morgan fingerprint density at radius 2 is 1.92 bits per heavy atom. The van der Waals surface area contributed by atoms with Crippen molar-refractivity contribution in [3.63, 3.8) is 0 Å². The van der Waals surface area contributed by atoms with Crippen LogP contribution in [-0.2, 0) is 11.3 Å². The van der Waals surface area contributed by atoms with Gasteiger partial charge in [-0.3, -0.25) is 4.79 Å². The number of hydrogen-bond donors (Lipinski definition) is 2. The van der Waals surface area contributed by atoms with Crippen molar-refractivity contribution in [3.8, 4) is 17.4 Å².